The van der Waals surface area contributed by atoms with E-state index in [1.165, 1.54) is 0 Å². The van der Waals surface area contributed by atoms with Gasteiger partial charge >= 0.3 is 23.0 Å². The molecule has 12 heteroatoms. The minimum Gasteiger partial charge on any atom is -0.744 e. The number of nitro groups is 2. The molecule has 0 aromatic heterocycles. The molecule has 0 unspecified atom stereocenters. The first-order chi connectivity index (χ1) is 9.62. The fourth-order valence-corrected chi connectivity index (χ4v) is 2.30. The van der Waals surface area contributed by atoms with Crippen LogP contribution in [-0.2, 0) is 10.1 Å². The summed E-state index contributed by atoms with van der Waals surface area (Å²) in [5.74, 6) is -0.953. The van der Waals surface area contributed by atoms with Crippen molar-refractivity contribution >= 4 is 49.6 Å². The van der Waals surface area contributed by atoms with Crippen molar-refractivity contribution in [3.8, 4) is 5.75 Å². The molecule has 0 saturated heterocycles. The van der Waals surface area contributed by atoms with Gasteiger partial charge in [0.1, 0.15) is 10.1 Å². The van der Waals surface area contributed by atoms with E-state index in [0.29, 0.717) is 12.1 Å². The molecule has 0 fully saturated rings. The Balaban J connectivity index is 0.00000242. The summed E-state index contributed by atoms with van der Waals surface area (Å²) < 4.78 is 32.8. The SMILES string of the molecule is O=[N+]([O-])c1cc([N+](=O)[O-])c2ccc(S(=O)(=O)[O-])cc2c1O.[Al+3]. The molecule has 0 spiro atoms. The number of benzene rings is 2. The van der Waals surface area contributed by atoms with Gasteiger partial charge in [-0.1, -0.05) is 0 Å². The van der Waals surface area contributed by atoms with Crippen LogP contribution in [0.25, 0.3) is 10.8 Å². The number of non-ortho nitro benzene ring substituents is 1. The maximum Gasteiger partial charge on any atom is 3.00 e. The molecule has 0 radical (unpaired) electrons. The van der Waals surface area contributed by atoms with Crippen LogP contribution in [0.2, 0.25) is 0 Å². The Hall–Kier alpha value is -2.26. The van der Waals surface area contributed by atoms with Crippen LogP contribution >= 0.6 is 0 Å². The second-order valence-electron chi connectivity index (χ2n) is 3.94. The molecule has 0 heterocycles. The predicted octanol–water partition coefficient (Wildman–Crippen LogP) is 0.885. The molecule has 10 nitrogen and oxygen atoms in total. The average molecular weight is 340 g/mol. The van der Waals surface area contributed by atoms with Crippen molar-refractivity contribution in [1.29, 1.82) is 0 Å². The van der Waals surface area contributed by atoms with Crippen LogP contribution in [0.3, 0.4) is 0 Å². The number of fused-ring (bicyclic) bond motifs is 1. The van der Waals surface area contributed by atoms with Gasteiger partial charge in [0.25, 0.3) is 5.69 Å². The second-order valence-corrected chi connectivity index (χ2v) is 5.32. The molecule has 0 aliphatic heterocycles. The van der Waals surface area contributed by atoms with Gasteiger partial charge in [0.05, 0.1) is 26.2 Å². The molecule has 0 aliphatic carbocycles. The summed E-state index contributed by atoms with van der Waals surface area (Å²) in [6, 6.07) is 2.97. The molecule has 0 saturated carbocycles. The summed E-state index contributed by atoms with van der Waals surface area (Å²) in [7, 11) is -4.88. The van der Waals surface area contributed by atoms with Crippen molar-refractivity contribution in [2.75, 3.05) is 0 Å². The van der Waals surface area contributed by atoms with Crippen molar-refractivity contribution in [3.05, 3.63) is 44.5 Å². The normalized spacial score (nSPS) is 11.0. The Bertz CT molecular complexity index is 895. The van der Waals surface area contributed by atoms with Crippen LogP contribution in [0.5, 0.6) is 5.75 Å². The molecule has 2 aromatic rings. The molecule has 2 rings (SSSR count). The van der Waals surface area contributed by atoms with Crippen LogP contribution in [0, 0.1) is 20.2 Å². The van der Waals surface area contributed by atoms with E-state index in [0.717, 1.165) is 12.1 Å². The van der Waals surface area contributed by atoms with Crippen LogP contribution in [-0.4, -0.2) is 45.3 Å². The third kappa shape index (κ3) is 3.00. The zero-order chi connectivity index (χ0) is 15.9. The molecule has 1 N–H and O–H groups in total. The Kier molecular flexibility index (Phi) is 4.74. The quantitative estimate of drug-likeness (QED) is 0.372. The Labute approximate surface area is 133 Å². The van der Waals surface area contributed by atoms with Crippen LogP contribution in [0.1, 0.15) is 0 Å². The van der Waals surface area contributed by atoms with E-state index in [1.807, 2.05) is 0 Å². The minimum absolute atomic E-state index is 0. The first kappa shape index (κ1) is 17.8. The van der Waals surface area contributed by atoms with E-state index in [2.05, 4.69) is 0 Å². The van der Waals surface area contributed by atoms with Gasteiger partial charge < -0.3 is 9.66 Å². The zero-order valence-corrected chi connectivity index (χ0v) is 12.5. The zero-order valence-electron chi connectivity index (χ0n) is 10.5. The van der Waals surface area contributed by atoms with Crippen molar-refractivity contribution in [2.24, 2.45) is 0 Å². The standard InChI is InChI=1S/C10H6N2O8S.Al/c13-10-7-3-5(21(18,19)20)1-2-6(7)8(11(14)15)4-9(10)12(16)17;/h1-4,13H,(H,18,19,20);/q;+3/p-1. The minimum atomic E-state index is -4.88. The van der Waals surface area contributed by atoms with Gasteiger partial charge in [0, 0.05) is 5.39 Å². The van der Waals surface area contributed by atoms with Crippen molar-refractivity contribution < 1.29 is 27.9 Å². The summed E-state index contributed by atoms with van der Waals surface area (Å²) >= 11 is 0. The fourth-order valence-electron chi connectivity index (χ4n) is 1.80. The topological polar surface area (TPSA) is 164 Å². The fraction of sp³-hybridized carbons (Fsp3) is 0. The Morgan fingerprint density at radius 2 is 1.50 bits per heavy atom. The maximum atomic E-state index is 10.9. The maximum absolute atomic E-state index is 10.9. The number of nitro benzene ring substituents is 2. The van der Waals surface area contributed by atoms with Gasteiger partial charge in [-0.15, -0.1) is 0 Å². The van der Waals surface area contributed by atoms with Gasteiger partial charge in [-0.05, 0) is 18.2 Å². The van der Waals surface area contributed by atoms with Crippen LogP contribution in [0.15, 0.2) is 29.2 Å². The Morgan fingerprint density at radius 3 is 1.95 bits per heavy atom. The molecule has 110 valence electrons. The van der Waals surface area contributed by atoms with Crippen molar-refractivity contribution in [3.63, 3.8) is 0 Å². The van der Waals surface area contributed by atoms with E-state index in [-0.39, 0.29) is 22.7 Å². The number of rotatable bonds is 3. The van der Waals surface area contributed by atoms with Gasteiger partial charge in [-0.25, -0.2) is 8.42 Å². The number of hydrogen-bond donors (Lipinski definition) is 1. The van der Waals surface area contributed by atoms with E-state index in [1.54, 1.807) is 0 Å². The average Bonchev–Trinajstić information content (AvgIpc) is 2.36. The molecule has 0 atom stereocenters. The molecular formula is C10H5AlN2O8S+2. The summed E-state index contributed by atoms with van der Waals surface area (Å²) in [5.41, 5.74) is -1.65. The second kappa shape index (κ2) is 5.86. The first-order valence-corrected chi connectivity index (χ1v) is 6.58. The van der Waals surface area contributed by atoms with E-state index < -0.39 is 47.4 Å². The van der Waals surface area contributed by atoms with Gasteiger partial charge in [0.15, 0.2) is 0 Å². The molecular weight excluding hydrogens is 335 g/mol. The molecule has 0 bridgehead atoms. The van der Waals surface area contributed by atoms with Crippen molar-refractivity contribution in [1.82, 2.24) is 0 Å². The van der Waals surface area contributed by atoms with Gasteiger partial charge in [-0.2, -0.15) is 0 Å². The number of nitrogens with zero attached hydrogens (tertiary/aromatic N) is 2. The molecule has 0 amide bonds. The first-order valence-electron chi connectivity index (χ1n) is 5.17. The van der Waals surface area contributed by atoms with Gasteiger partial charge in [0.2, 0.25) is 5.75 Å². The molecule has 0 aliphatic rings. The largest absolute Gasteiger partial charge is 3.00 e. The monoisotopic (exact) mass is 340 g/mol. The van der Waals surface area contributed by atoms with Gasteiger partial charge in [-0.3, -0.25) is 20.2 Å². The Morgan fingerprint density at radius 1 is 0.955 bits per heavy atom. The molecule has 22 heavy (non-hydrogen) atoms. The summed E-state index contributed by atoms with van der Waals surface area (Å²) in [6.07, 6.45) is 0. The number of phenols is 1. The van der Waals surface area contributed by atoms with Crippen LogP contribution in [0.4, 0.5) is 11.4 Å². The van der Waals surface area contributed by atoms with Crippen LogP contribution < -0.4 is 0 Å². The smallest absolute Gasteiger partial charge is 0.744 e. The van der Waals surface area contributed by atoms with E-state index in [4.69, 9.17) is 0 Å². The summed E-state index contributed by atoms with van der Waals surface area (Å²) in [4.78, 5) is 18.9. The molecule has 2 aromatic carbocycles. The van der Waals surface area contributed by atoms with E-state index >= 15 is 0 Å². The third-order valence-electron chi connectivity index (χ3n) is 2.72. The number of aromatic hydroxyl groups is 1. The third-order valence-corrected chi connectivity index (χ3v) is 3.55. The number of phenolic OH excluding ortho intramolecular Hbond substituents is 1. The predicted molar refractivity (Wildman–Crippen MR) is 72.6 cm³/mol. The van der Waals surface area contributed by atoms with Crippen molar-refractivity contribution in [2.45, 2.75) is 4.90 Å². The van der Waals surface area contributed by atoms with E-state index in [9.17, 15) is 38.3 Å². The summed E-state index contributed by atoms with van der Waals surface area (Å²) in [6.45, 7) is 0. The number of hydrogen-bond acceptors (Lipinski definition) is 8. The summed E-state index contributed by atoms with van der Waals surface area (Å²) in [5, 5.41) is 30.7.